The van der Waals surface area contributed by atoms with Gasteiger partial charge >= 0.3 is 6.18 Å². The third-order valence-electron chi connectivity index (χ3n) is 3.69. The second kappa shape index (κ2) is 9.30. The number of benzene rings is 1. The van der Waals surface area contributed by atoms with E-state index >= 15 is 0 Å². The summed E-state index contributed by atoms with van der Waals surface area (Å²) in [6, 6.07) is 4.15. The van der Waals surface area contributed by atoms with Crippen LogP contribution in [0.3, 0.4) is 0 Å². The maximum absolute atomic E-state index is 12.5. The number of anilines is 1. The van der Waals surface area contributed by atoms with Crippen LogP contribution in [0.15, 0.2) is 24.3 Å². The van der Waals surface area contributed by atoms with Crippen molar-refractivity contribution in [2.45, 2.75) is 45.7 Å². The summed E-state index contributed by atoms with van der Waals surface area (Å²) in [7, 11) is 0. The van der Waals surface area contributed by atoms with Crippen molar-refractivity contribution in [3.05, 3.63) is 29.8 Å². The zero-order chi connectivity index (χ0) is 18.2. The Morgan fingerprint density at radius 1 is 1.12 bits per heavy atom. The van der Waals surface area contributed by atoms with Gasteiger partial charge in [-0.3, -0.25) is 9.59 Å². The monoisotopic (exact) mass is 344 g/mol. The molecule has 0 saturated heterocycles. The molecule has 0 spiro atoms. The minimum Gasteiger partial charge on any atom is -0.347 e. The van der Waals surface area contributed by atoms with Gasteiger partial charge in [-0.15, -0.1) is 0 Å². The molecule has 1 aromatic rings. The number of hydrogen-bond acceptors (Lipinski definition) is 2. The van der Waals surface area contributed by atoms with E-state index in [4.69, 9.17) is 0 Å². The molecule has 24 heavy (non-hydrogen) atoms. The molecule has 0 aromatic heterocycles. The van der Waals surface area contributed by atoms with Crippen LogP contribution >= 0.6 is 0 Å². The fraction of sp³-hybridized carbons (Fsp3) is 0.529. The minimum absolute atomic E-state index is 0.121. The summed E-state index contributed by atoms with van der Waals surface area (Å²) in [6.45, 7) is 3.76. The normalized spacial score (nSPS) is 12.5. The van der Waals surface area contributed by atoms with Crippen LogP contribution in [-0.4, -0.2) is 18.4 Å². The standard InChI is InChI=1S/C17H23F3N2O2/c1-3-5-6-12(4-2)16(24)21-11-15(23)22-14-9-7-13(8-10-14)17(18,19)20/h7-10,12H,3-6,11H2,1-2H3,(H,21,24)(H,22,23). The Hall–Kier alpha value is -2.05. The SMILES string of the molecule is CCCCC(CC)C(=O)NCC(=O)Nc1ccc(C(F)(F)F)cc1. The van der Waals surface area contributed by atoms with Crippen LogP contribution in [0.2, 0.25) is 0 Å². The van der Waals surface area contributed by atoms with Gasteiger partial charge < -0.3 is 10.6 Å². The Balaban J connectivity index is 2.47. The highest BCUT2D eigenvalue weighted by molar-refractivity contribution is 5.94. The van der Waals surface area contributed by atoms with Crippen molar-refractivity contribution in [3.8, 4) is 0 Å². The smallest absolute Gasteiger partial charge is 0.347 e. The molecule has 0 aliphatic rings. The van der Waals surface area contributed by atoms with Crippen LogP contribution in [0, 0.1) is 5.92 Å². The predicted molar refractivity (Wildman–Crippen MR) is 86.4 cm³/mol. The van der Waals surface area contributed by atoms with Crippen LogP contribution in [0.5, 0.6) is 0 Å². The summed E-state index contributed by atoms with van der Waals surface area (Å²) < 4.78 is 37.4. The first-order chi connectivity index (χ1) is 11.3. The maximum Gasteiger partial charge on any atom is 0.416 e. The van der Waals surface area contributed by atoms with Crippen LogP contribution in [0.25, 0.3) is 0 Å². The lowest BCUT2D eigenvalue weighted by Crippen LogP contribution is -2.36. The van der Waals surface area contributed by atoms with Gasteiger partial charge in [0.2, 0.25) is 11.8 Å². The van der Waals surface area contributed by atoms with E-state index < -0.39 is 17.6 Å². The molecule has 0 aliphatic carbocycles. The number of carbonyl (C=O) groups is 2. The molecule has 1 unspecified atom stereocenters. The summed E-state index contributed by atoms with van der Waals surface area (Å²) >= 11 is 0. The van der Waals surface area contributed by atoms with E-state index in [9.17, 15) is 22.8 Å². The first kappa shape index (κ1) is 20.0. The summed E-state index contributed by atoms with van der Waals surface area (Å²) in [5, 5.41) is 5.02. The van der Waals surface area contributed by atoms with Crippen molar-refractivity contribution < 1.29 is 22.8 Å². The van der Waals surface area contributed by atoms with Crippen molar-refractivity contribution in [1.29, 1.82) is 0 Å². The molecular formula is C17H23F3N2O2. The highest BCUT2D eigenvalue weighted by atomic mass is 19.4. The van der Waals surface area contributed by atoms with E-state index in [-0.39, 0.29) is 24.1 Å². The van der Waals surface area contributed by atoms with E-state index in [2.05, 4.69) is 10.6 Å². The molecule has 1 rings (SSSR count). The summed E-state index contributed by atoms with van der Waals surface area (Å²) in [4.78, 5) is 23.8. The van der Waals surface area contributed by atoms with Crippen molar-refractivity contribution in [3.63, 3.8) is 0 Å². The fourth-order valence-corrected chi connectivity index (χ4v) is 2.23. The van der Waals surface area contributed by atoms with Gasteiger partial charge in [-0.1, -0.05) is 26.7 Å². The molecule has 0 saturated carbocycles. The highest BCUT2D eigenvalue weighted by Gasteiger charge is 2.30. The first-order valence-corrected chi connectivity index (χ1v) is 8.02. The summed E-state index contributed by atoms with van der Waals surface area (Å²) in [5.74, 6) is -0.772. The largest absolute Gasteiger partial charge is 0.416 e. The lowest BCUT2D eigenvalue weighted by atomic mass is 9.98. The fourth-order valence-electron chi connectivity index (χ4n) is 2.23. The number of nitrogens with one attached hydrogen (secondary N) is 2. The van der Waals surface area contributed by atoms with Crippen molar-refractivity contribution in [2.24, 2.45) is 5.92 Å². The zero-order valence-electron chi connectivity index (χ0n) is 13.9. The number of alkyl halides is 3. The predicted octanol–water partition coefficient (Wildman–Crippen LogP) is 3.98. The van der Waals surface area contributed by atoms with E-state index in [0.717, 1.165) is 31.4 Å². The number of hydrogen-bond donors (Lipinski definition) is 2. The van der Waals surface area contributed by atoms with Crippen molar-refractivity contribution in [1.82, 2.24) is 5.32 Å². The molecule has 2 N–H and O–H groups in total. The average Bonchev–Trinajstić information content (AvgIpc) is 2.53. The third kappa shape index (κ3) is 6.60. The molecule has 0 radical (unpaired) electrons. The minimum atomic E-state index is -4.41. The molecule has 2 amide bonds. The van der Waals surface area contributed by atoms with E-state index in [1.807, 2.05) is 13.8 Å². The molecule has 1 atom stereocenters. The zero-order valence-corrected chi connectivity index (χ0v) is 13.9. The molecule has 0 aliphatic heterocycles. The molecule has 134 valence electrons. The van der Waals surface area contributed by atoms with Gasteiger partial charge in [0, 0.05) is 11.6 Å². The molecule has 4 nitrogen and oxygen atoms in total. The Morgan fingerprint density at radius 3 is 2.25 bits per heavy atom. The van der Waals surface area contributed by atoms with E-state index in [0.29, 0.717) is 6.42 Å². The van der Waals surface area contributed by atoms with Gasteiger partial charge in [-0.05, 0) is 37.1 Å². The molecule has 7 heteroatoms. The lowest BCUT2D eigenvalue weighted by Gasteiger charge is -2.14. The van der Waals surface area contributed by atoms with E-state index in [1.165, 1.54) is 12.1 Å². The van der Waals surface area contributed by atoms with Gasteiger partial charge in [0.05, 0.1) is 12.1 Å². The second-order valence-corrected chi connectivity index (χ2v) is 5.59. The Morgan fingerprint density at radius 2 is 1.75 bits per heavy atom. The van der Waals surface area contributed by atoms with Gasteiger partial charge in [-0.25, -0.2) is 0 Å². The first-order valence-electron chi connectivity index (χ1n) is 8.02. The van der Waals surface area contributed by atoms with E-state index in [1.54, 1.807) is 0 Å². The number of halogens is 3. The second-order valence-electron chi connectivity index (χ2n) is 5.59. The Bertz CT molecular complexity index is 542. The third-order valence-corrected chi connectivity index (χ3v) is 3.69. The van der Waals surface area contributed by atoms with Crippen LogP contribution < -0.4 is 10.6 Å². The maximum atomic E-state index is 12.5. The van der Waals surface area contributed by atoms with Crippen LogP contribution in [-0.2, 0) is 15.8 Å². The van der Waals surface area contributed by atoms with Gasteiger partial charge in [0.25, 0.3) is 0 Å². The van der Waals surface area contributed by atoms with Gasteiger partial charge in [0.15, 0.2) is 0 Å². The molecule has 0 fully saturated rings. The van der Waals surface area contributed by atoms with Crippen LogP contribution in [0.4, 0.5) is 18.9 Å². The molecule has 0 bridgehead atoms. The summed E-state index contributed by atoms with van der Waals surface area (Å²) in [5.41, 5.74) is -0.532. The van der Waals surface area contributed by atoms with Crippen molar-refractivity contribution in [2.75, 3.05) is 11.9 Å². The number of unbranched alkanes of at least 4 members (excludes halogenated alkanes) is 1. The molecular weight excluding hydrogens is 321 g/mol. The van der Waals surface area contributed by atoms with Gasteiger partial charge in [0.1, 0.15) is 0 Å². The Kier molecular flexibility index (Phi) is 7.74. The average molecular weight is 344 g/mol. The number of rotatable bonds is 8. The number of carbonyl (C=O) groups excluding carboxylic acids is 2. The molecule has 1 aromatic carbocycles. The molecule has 0 heterocycles. The van der Waals surface area contributed by atoms with Gasteiger partial charge in [-0.2, -0.15) is 13.2 Å². The number of amides is 2. The quantitative estimate of drug-likeness (QED) is 0.749. The van der Waals surface area contributed by atoms with Crippen molar-refractivity contribution >= 4 is 17.5 Å². The topological polar surface area (TPSA) is 58.2 Å². The lowest BCUT2D eigenvalue weighted by molar-refractivity contribution is -0.137. The summed E-state index contributed by atoms with van der Waals surface area (Å²) in [6.07, 6.45) is -0.988. The van der Waals surface area contributed by atoms with Crippen LogP contribution in [0.1, 0.15) is 45.1 Å². The highest BCUT2D eigenvalue weighted by Crippen LogP contribution is 2.29. The Labute approximate surface area is 139 Å².